The lowest BCUT2D eigenvalue weighted by atomic mass is 10.2. The van der Waals surface area contributed by atoms with E-state index in [-0.39, 0.29) is 23.1 Å². The Morgan fingerprint density at radius 2 is 1.38 bits per heavy atom. The monoisotopic (exact) mass is 596 g/mol. The number of aromatic amines is 1. The fourth-order valence-electron chi connectivity index (χ4n) is 5.38. The Labute approximate surface area is 249 Å². The number of halogens is 1. The Hall–Kier alpha value is -3.81. The van der Waals surface area contributed by atoms with Gasteiger partial charge in [-0.25, -0.2) is 14.8 Å². The van der Waals surface area contributed by atoms with Crippen molar-refractivity contribution < 1.29 is 9.47 Å². The summed E-state index contributed by atoms with van der Waals surface area (Å²) < 4.78 is 14.5. The van der Waals surface area contributed by atoms with Gasteiger partial charge in [0.05, 0.1) is 73.7 Å². The van der Waals surface area contributed by atoms with E-state index in [1.807, 2.05) is 46.3 Å². The van der Waals surface area contributed by atoms with Gasteiger partial charge in [0.2, 0.25) is 5.28 Å². The number of nitrogens with zero attached hydrogens (tertiary/aromatic N) is 9. The number of ether oxygens (including phenoxy) is 2. The van der Waals surface area contributed by atoms with Crippen molar-refractivity contribution in [2.24, 2.45) is 14.1 Å². The third kappa shape index (κ3) is 6.32. The molecule has 13 nitrogen and oxygen atoms in total. The van der Waals surface area contributed by atoms with E-state index in [0.717, 1.165) is 52.8 Å². The molecule has 0 bridgehead atoms. The molecular formula is C28H37ClN10O3. The lowest BCUT2D eigenvalue weighted by Crippen LogP contribution is -2.44. The van der Waals surface area contributed by atoms with E-state index in [4.69, 9.17) is 21.1 Å². The van der Waals surface area contributed by atoms with Gasteiger partial charge in [-0.05, 0) is 50.4 Å². The van der Waals surface area contributed by atoms with Crippen molar-refractivity contribution in [3.8, 4) is 22.8 Å². The summed E-state index contributed by atoms with van der Waals surface area (Å²) in [4.78, 5) is 31.9. The maximum Gasteiger partial charge on any atom is 0.347 e. The molecule has 0 aromatic carbocycles. The number of aromatic nitrogens is 8. The van der Waals surface area contributed by atoms with Crippen LogP contribution < -0.4 is 15.5 Å². The number of anilines is 2. The van der Waals surface area contributed by atoms with E-state index in [2.05, 4.69) is 53.8 Å². The standard InChI is InChI=1S/C14H18ClN5O.C14H19N5O2/c1-9-7-16-19(3)13(9)11-6-12(18-14(15)17-11)20-4-5-21-8-10(20)2;1-9-7-15-18(3)13(9)11-6-12(17-14(20)16-11)19-4-5-21-8-10(19)2/h6-7,10H,4-5,8H2,1-3H3;6-7,10H,4-5,8H2,1-3H3,(H,16,17,20)/t2*10-/m11/s1. The molecule has 0 amide bonds. The summed E-state index contributed by atoms with van der Waals surface area (Å²) in [5.74, 6) is 1.52. The highest BCUT2D eigenvalue weighted by molar-refractivity contribution is 6.28. The van der Waals surface area contributed by atoms with Gasteiger partial charge in [-0.3, -0.25) is 9.36 Å². The first kappa shape index (κ1) is 29.7. The second-order valence-corrected chi connectivity index (χ2v) is 11.0. The number of morpholine rings is 2. The fraction of sp³-hybridized carbons (Fsp3) is 0.500. The van der Waals surface area contributed by atoms with Gasteiger partial charge in [0.1, 0.15) is 11.6 Å². The molecular weight excluding hydrogens is 560 g/mol. The Morgan fingerprint density at radius 3 is 1.90 bits per heavy atom. The summed E-state index contributed by atoms with van der Waals surface area (Å²) in [6.07, 6.45) is 3.60. The van der Waals surface area contributed by atoms with E-state index in [1.54, 1.807) is 15.6 Å². The molecule has 6 heterocycles. The summed E-state index contributed by atoms with van der Waals surface area (Å²) in [7, 11) is 3.76. The van der Waals surface area contributed by atoms with Crippen LogP contribution in [0.4, 0.5) is 11.6 Å². The van der Waals surface area contributed by atoms with E-state index >= 15 is 0 Å². The van der Waals surface area contributed by atoms with E-state index in [9.17, 15) is 4.79 Å². The van der Waals surface area contributed by atoms with Gasteiger partial charge in [0, 0.05) is 39.3 Å². The average Bonchev–Trinajstić information content (AvgIpc) is 3.47. The number of rotatable bonds is 4. The molecule has 2 saturated heterocycles. The third-order valence-corrected chi connectivity index (χ3v) is 7.65. The first-order chi connectivity index (χ1) is 20.1. The van der Waals surface area contributed by atoms with Crippen molar-refractivity contribution in [3.63, 3.8) is 0 Å². The van der Waals surface area contributed by atoms with Crippen LogP contribution in [0.25, 0.3) is 22.8 Å². The maximum absolute atomic E-state index is 11.9. The third-order valence-electron chi connectivity index (χ3n) is 7.48. The van der Waals surface area contributed by atoms with E-state index < -0.39 is 0 Å². The molecule has 6 rings (SSSR count). The molecule has 224 valence electrons. The minimum absolute atomic E-state index is 0.202. The van der Waals surface area contributed by atoms with E-state index in [1.165, 1.54) is 0 Å². The smallest absolute Gasteiger partial charge is 0.347 e. The molecule has 0 unspecified atom stereocenters. The SMILES string of the molecule is Cc1cnn(C)c1-c1cc(N2CCOC[C@H]2C)nc(=O)[nH]1.Cc1cnn(C)c1-c1cc(N2CCOC[C@H]2C)nc(Cl)n1. The molecule has 1 N–H and O–H groups in total. The normalized spacial score (nSPS) is 19.0. The van der Waals surface area contributed by atoms with Crippen LogP contribution in [-0.4, -0.2) is 91.1 Å². The van der Waals surface area contributed by atoms with Gasteiger partial charge in [-0.15, -0.1) is 0 Å². The minimum Gasteiger partial charge on any atom is -0.377 e. The highest BCUT2D eigenvalue weighted by atomic mass is 35.5. The molecule has 4 aromatic rings. The predicted molar refractivity (Wildman–Crippen MR) is 161 cm³/mol. The molecule has 2 aliphatic heterocycles. The lowest BCUT2D eigenvalue weighted by Gasteiger charge is -2.34. The Bertz CT molecular complexity index is 1560. The Morgan fingerprint density at radius 1 is 0.833 bits per heavy atom. The molecule has 2 aliphatic rings. The van der Waals surface area contributed by atoms with Crippen molar-refractivity contribution in [2.75, 3.05) is 49.3 Å². The topological polar surface area (TPSA) is 132 Å². The highest BCUT2D eigenvalue weighted by Crippen LogP contribution is 2.27. The van der Waals surface area contributed by atoms with Crippen molar-refractivity contribution in [2.45, 2.75) is 39.8 Å². The van der Waals surface area contributed by atoms with Crippen LogP contribution in [0.3, 0.4) is 0 Å². The van der Waals surface area contributed by atoms with Gasteiger partial charge in [0.25, 0.3) is 0 Å². The fourth-order valence-corrected chi connectivity index (χ4v) is 5.56. The van der Waals surface area contributed by atoms with Crippen molar-refractivity contribution >= 4 is 23.2 Å². The summed E-state index contributed by atoms with van der Waals surface area (Å²) in [5.41, 5.74) is 5.12. The number of nitrogens with one attached hydrogen (secondary N) is 1. The first-order valence-corrected chi connectivity index (χ1v) is 14.3. The molecule has 0 saturated carbocycles. The van der Waals surface area contributed by atoms with Crippen molar-refractivity contribution in [1.82, 2.24) is 39.5 Å². The summed E-state index contributed by atoms with van der Waals surface area (Å²) in [6.45, 7) is 12.4. The number of aryl methyl sites for hydroxylation is 4. The predicted octanol–water partition coefficient (Wildman–Crippen LogP) is 2.77. The lowest BCUT2D eigenvalue weighted by molar-refractivity contribution is 0.0985. The highest BCUT2D eigenvalue weighted by Gasteiger charge is 2.23. The van der Waals surface area contributed by atoms with Crippen LogP contribution in [0.15, 0.2) is 29.3 Å². The Kier molecular flexibility index (Phi) is 8.90. The van der Waals surface area contributed by atoms with Gasteiger partial charge in [-0.2, -0.15) is 15.2 Å². The van der Waals surface area contributed by atoms with Crippen LogP contribution in [0.5, 0.6) is 0 Å². The Balaban J connectivity index is 0.000000168. The zero-order valence-corrected chi connectivity index (χ0v) is 25.6. The van der Waals surface area contributed by atoms with Crippen LogP contribution >= 0.6 is 11.6 Å². The molecule has 14 heteroatoms. The second-order valence-electron chi connectivity index (χ2n) is 10.7. The summed E-state index contributed by atoms with van der Waals surface area (Å²) >= 11 is 6.13. The van der Waals surface area contributed by atoms with Crippen molar-refractivity contribution in [3.05, 3.63) is 51.4 Å². The molecule has 0 aliphatic carbocycles. The van der Waals surface area contributed by atoms with Crippen LogP contribution in [-0.2, 0) is 23.6 Å². The average molecular weight is 597 g/mol. The second kappa shape index (κ2) is 12.6. The van der Waals surface area contributed by atoms with Crippen LogP contribution in [0.2, 0.25) is 5.28 Å². The van der Waals surface area contributed by atoms with Crippen LogP contribution in [0.1, 0.15) is 25.0 Å². The quantitative estimate of drug-likeness (QED) is 0.351. The molecule has 42 heavy (non-hydrogen) atoms. The number of hydrogen-bond donors (Lipinski definition) is 1. The molecule has 0 radical (unpaired) electrons. The molecule has 4 aromatic heterocycles. The minimum atomic E-state index is -0.346. The largest absolute Gasteiger partial charge is 0.377 e. The van der Waals surface area contributed by atoms with Gasteiger partial charge >= 0.3 is 5.69 Å². The molecule has 2 fully saturated rings. The summed E-state index contributed by atoms with van der Waals surface area (Å²) in [6, 6.07) is 4.35. The van der Waals surface area contributed by atoms with Gasteiger partial charge in [-0.1, -0.05) is 0 Å². The number of hydrogen-bond acceptors (Lipinski definition) is 10. The summed E-state index contributed by atoms with van der Waals surface area (Å²) in [5, 5.41) is 8.73. The van der Waals surface area contributed by atoms with Gasteiger partial charge in [0.15, 0.2) is 0 Å². The number of H-pyrrole nitrogens is 1. The van der Waals surface area contributed by atoms with Gasteiger partial charge < -0.3 is 24.3 Å². The zero-order valence-electron chi connectivity index (χ0n) is 24.8. The first-order valence-electron chi connectivity index (χ1n) is 13.9. The molecule has 0 spiro atoms. The zero-order chi connectivity index (χ0) is 30.0. The van der Waals surface area contributed by atoms with Crippen LogP contribution in [0, 0.1) is 13.8 Å². The van der Waals surface area contributed by atoms with E-state index in [0.29, 0.717) is 32.2 Å². The molecule has 2 atom stereocenters. The van der Waals surface area contributed by atoms with Crippen molar-refractivity contribution in [1.29, 1.82) is 0 Å². The maximum atomic E-state index is 11.9.